The van der Waals surface area contributed by atoms with Gasteiger partial charge in [0.1, 0.15) is 12.1 Å². The molecule has 2 N–H and O–H groups in total. The van der Waals surface area contributed by atoms with Crippen LogP contribution in [0.1, 0.15) is 13.8 Å². The number of nitrogens with one attached hydrogen (secondary N) is 1. The number of hydrogen-bond acceptors (Lipinski definition) is 5. The van der Waals surface area contributed by atoms with Gasteiger partial charge in [0, 0.05) is 31.9 Å². The molecule has 0 aliphatic carbocycles. The Kier molecular flexibility index (Phi) is 6.34. The molecule has 24 heavy (non-hydrogen) atoms. The highest BCUT2D eigenvalue weighted by molar-refractivity contribution is 7.99. The van der Waals surface area contributed by atoms with Crippen LogP contribution in [0.3, 0.4) is 0 Å². The van der Waals surface area contributed by atoms with Gasteiger partial charge in [-0.25, -0.2) is 9.59 Å². The van der Waals surface area contributed by atoms with Gasteiger partial charge in [-0.05, 0) is 13.0 Å². The van der Waals surface area contributed by atoms with Crippen molar-refractivity contribution in [3.63, 3.8) is 0 Å². The Balaban J connectivity index is 2.02. The van der Waals surface area contributed by atoms with Crippen LogP contribution in [0.25, 0.3) is 0 Å². The lowest BCUT2D eigenvalue weighted by atomic mass is 10.0. The number of amides is 3. The standard InChI is InChI=1S/C15H26N4O4S/c1-10(2)12(13(20)19-9-24-8-11(19)14(21)22)16-15(23)18-6-4-17(3)5-7-18/h10-12H,4-9H2,1-3H3,(H,16,23)(H,21,22)/t11-,12-/m0/s1. The molecule has 2 atom stereocenters. The van der Waals surface area contributed by atoms with Crippen molar-refractivity contribution in [2.24, 2.45) is 5.92 Å². The number of carbonyl (C=O) groups is 3. The second kappa shape index (κ2) is 8.06. The molecular weight excluding hydrogens is 332 g/mol. The average molecular weight is 358 g/mol. The van der Waals surface area contributed by atoms with E-state index < -0.39 is 18.1 Å². The third-order valence-electron chi connectivity index (χ3n) is 4.45. The summed E-state index contributed by atoms with van der Waals surface area (Å²) in [7, 11) is 2.01. The molecule has 0 spiro atoms. The van der Waals surface area contributed by atoms with Gasteiger partial charge in [-0.15, -0.1) is 11.8 Å². The van der Waals surface area contributed by atoms with Crippen LogP contribution in [0, 0.1) is 5.92 Å². The normalized spacial score (nSPS) is 23.4. The van der Waals surface area contributed by atoms with E-state index >= 15 is 0 Å². The molecule has 2 rings (SSSR count). The Morgan fingerprint density at radius 3 is 2.33 bits per heavy atom. The lowest BCUT2D eigenvalue weighted by molar-refractivity contribution is -0.148. The molecular formula is C15H26N4O4S. The summed E-state index contributed by atoms with van der Waals surface area (Å²) >= 11 is 1.42. The summed E-state index contributed by atoms with van der Waals surface area (Å²) in [5.74, 6) is -0.693. The number of carbonyl (C=O) groups excluding carboxylic acids is 2. The zero-order chi connectivity index (χ0) is 17.9. The molecule has 2 aliphatic heterocycles. The number of piperazine rings is 1. The molecule has 9 heteroatoms. The maximum atomic E-state index is 12.8. The van der Waals surface area contributed by atoms with Crippen molar-refractivity contribution >= 4 is 29.7 Å². The largest absolute Gasteiger partial charge is 0.480 e. The van der Waals surface area contributed by atoms with Gasteiger partial charge < -0.3 is 25.1 Å². The van der Waals surface area contributed by atoms with Gasteiger partial charge in [0.25, 0.3) is 0 Å². The molecule has 8 nitrogen and oxygen atoms in total. The Morgan fingerprint density at radius 2 is 1.79 bits per heavy atom. The van der Waals surface area contributed by atoms with Gasteiger partial charge in [0.15, 0.2) is 0 Å². The molecule has 0 unspecified atom stereocenters. The van der Waals surface area contributed by atoms with Gasteiger partial charge >= 0.3 is 12.0 Å². The lowest BCUT2D eigenvalue weighted by Gasteiger charge is -2.35. The number of rotatable bonds is 4. The summed E-state index contributed by atoms with van der Waals surface area (Å²) < 4.78 is 0. The predicted molar refractivity (Wildman–Crippen MR) is 91.8 cm³/mol. The highest BCUT2D eigenvalue weighted by Crippen LogP contribution is 2.23. The minimum atomic E-state index is -0.999. The molecule has 0 radical (unpaired) electrons. The van der Waals surface area contributed by atoms with Gasteiger partial charge in [-0.1, -0.05) is 13.8 Å². The molecule has 2 saturated heterocycles. The summed E-state index contributed by atoms with van der Waals surface area (Å²) in [6.07, 6.45) is 0. The van der Waals surface area contributed by atoms with E-state index in [1.54, 1.807) is 4.90 Å². The number of urea groups is 1. The first-order valence-electron chi connectivity index (χ1n) is 8.16. The van der Waals surface area contributed by atoms with Gasteiger partial charge in [0.2, 0.25) is 5.91 Å². The summed E-state index contributed by atoms with van der Waals surface area (Å²) in [6.45, 7) is 6.56. The van der Waals surface area contributed by atoms with E-state index in [1.165, 1.54) is 16.7 Å². The van der Waals surface area contributed by atoms with Crippen molar-refractivity contribution in [1.29, 1.82) is 0 Å². The number of carboxylic acids is 1. The van der Waals surface area contributed by atoms with E-state index in [0.717, 1.165) is 13.1 Å². The second-order valence-electron chi connectivity index (χ2n) is 6.62. The third-order valence-corrected chi connectivity index (χ3v) is 5.46. The fraction of sp³-hybridized carbons (Fsp3) is 0.800. The zero-order valence-electron chi connectivity index (χ0n) is 14.4. The Hall–Kier alpha value is -1.48. The molecule has 0 aromatic rings. The number of carboxylic acid groups (broad SMARTS) is 1. The minimum Gasteiger partial charge on any atom is -0.480 e. The molecule has 3 amide bonds. The van der Waals surface area contributed by atoms with Crippen molar-refractivity contribution in [2.75, 3.05) is 44.9 Å². The van der Waals surface area contributed by atoms with Crippen molar-refractivity contribution in [2.45, 2.75) is 25.9 Å². The highest BCUT2D eigenvalue weighted by Gasteiger charge is 2.39. The first-order valence-corrected chi connectivity index (χ1v) is 9.31. The molecule has 0 bridgehead atoms. The van der Waals surface area contributed by atoms with E-state index in [0.29, 0.717) is 24.7 Å². The number of hydrogen-bond donors (Lipinski definition) is 2. The van der Waals surface area contributed by atoms with Crippen LogP contribution in [0.2, 0.25) is 0 Å². The van der Waals surface area contributed by atoms with Crippen LogP contribution in [0.5, 0.6) is 0 Å². The van der Waals surface area contributed by atoms with Crippen LogP contribution >= 0.6 is 11.8 Å². The Labute approximate surface area is 146 Å². The Bertz CT molecular complexity index is 494. The van der Waals surface area contributed by atoms with Crippen molar-refractivity contribution < 1.29 is 19.5 Å². The van der Waals surface area contributed by atoms with Gasteiger partial charge in [-0.2, -0.15) is 0 Å². The van der Waals surface area contributed by atoms with Crippen molar-refractivity contribution in [3.05, 3.63) is 0 Å². The fourth-order valence-electron chi connectivity index (χ4n) is 2.79. The van der Waals surface area contributed by atoms with Crippen molar-refractivity contribution in [3.8, 4) is 0 Å². The summed E-state index contributed by atoms with van der Waals surface area (Å²) in [6, 6.07) is -1.78. The summed E-state index contributed by atoms with van der Waals surface area (Å²) in [5, 5.41) is 12.1. The monoisotopic (exact) mass is 358 g/mol. The topological polar surface area (TPSA) is 93.2 Å². The zero-order valence-corrected chi connectivity index (χ0v) is 15.2. The van der Waals surface area contributed by atoms with E-state index in [1.807, 2.05) is 20.9 Å². The first-order chi connectivity index (χ1) is 11.3. The third kappa shape index (κ3) is 4.32. The SMILES string of the molecule is CC(C)[C@H](NC(=O)N1CCN(C)CC1)C(=O)N1CSC[C@H]1C(=O)O. The molecule has 2 aliphatic rings. The molecule has 136 valence electrons. The van der Waals surface area contributed by atoms with Crippen molar-refractivity contribution in [1.82, 2.24) is 20.0 Å². The smallest absolute Gasteiger partial charge is 0.327 e. The maximum absolute atomic E-state index is 12.8. The van der Waals surface area contributed by atoms with Crippen LogP contribution in [0.15, 0.2) is 0 Å². The second-order valence-corrected chi connectivity index (χ2v) is 7.62. The minimum absolute atomic E-state index is 0.117. The Morgan fingerprint density at radius 1 is 1.17 bits per heavy atom. The molecule has 2 heterocycles. The molecule has 0 aromatic carbocycles. The van der Waals surface area contributed by atoms with Gasteiger partial charge in [0.05, 0.1) is 5.88 Å². The maximum Gasteiger partial charge on any atom is 0.327 e. The predicted octanol–water partition coefficient (Wildman–Crippen LogP) is -0.0459. The number of nitrogens with zero attached hydrogens (tertiary/aromatic N) is 3. The first kappa shape index (κ1) is 18.9. The number of likely N-dealkylation sites (N-methyl/N-ethyl adjacent to an activating group) is 1. The summed E-state index contributed by atoms with van der Waals surface area (Å²) in [5.41, 5.74) is 0. The molecule has 2 fully saturated rings. The summed E-state index contributed by atoms with van der Waals surface area (Å²) in [4.78, 5) is 41.8. The quantitative estimate of drug-likeness (QED) is 0.732. The molecule has 0 aromatic heterocycles. The van der Waals surface area contributed by atoms with Crippen LogP contribution < -0.4 is 5.32 Å². The molecule has 0 saturated carbocycles. The van der Waals surface area contributed by atoms with Crippen LogP contribution in [-0.4, -0.2) is 94.7 Å². The average Bonchev–Trinajstić information content (AvgIpc) is 3.02. The van der Waals surface area contributed by atoms with Gasteiger partial charge in [-0.3, -0.25) is 4.79 Å². The van der Waals surface area contributed by atoms with E-state index in [2.05, 4.69) is 10.2 Å². The fourth-order valence-corrected chi connectivity index (χ4v) is 3.95. The lowest BCUT2D eigenvalue weighted by Crippen LogP contribution is -2.58. The number of aliphatic carboxylic acids is 1. The van der Waals surface area contributed by atoms with E-state index in [-0.39, 0.29) is 17.9 Å². The van der Waals surface area contributed by atoms with E-state index in [4.69, 9.17) is 0 Å². The van der Waals surface area contributed by atoms with E-state index in [9.17, 15) is 19.5 Å². The van der Waals surface area contributed by atoms with Crippen LogP contribution in [0.4, 0.5) is 4.79 Å². The van der Waals surface area contributed by atoms with Crippen LogP contribution in [-0.2, 0) is 9.59 Å². The highest BCUT2D eigenvalue weighted by atomic mass is 32.2. The number of thioether (sulfide) groups is 1.